The van der Waals surface area contributed by atoms with Gasteiger partial charge in [0.2, 0.25) is 0 Å². The highest BCUT2D eigenvalue weighted by molar-refractivity contribution is 9.10. The molecular weight excluding hydrogens is 398 g/mol. The van der Waals surface area contributed by atoms with Crippen LogP contribution < -0.4 is 0 Å². The summed E-state index contributed by atoms with van der Waals surface area (Å²) < 4.78 is 11.5. The van der Waals surface area contributed by atoms with Gasteiger partial charge in [-0.05, 0) is 35.7 Å². The van der Waals surface area contributed by atoms with Gasteiger partial charge in [-0.3, -0.25) is 4.79 Å². The van der Waals surface area contributed by atoms with Gasteiger partial charge in [-0.25, -0.2) is 0 Å². The summed E-state index contributed by atoms with van der Waals surface area (Å²) in [6.07, 6.45) is 0. The molecule has 3 rings (SSSR count). The SMILES string of the molecule is O=C(CSc1ccc(Br)cc1)OCc1cc(-c2cccs2)on1. The average Bonchev–Trinajstić information content (AvgIpc) is 3.23. The van der Waals surface area contributed by atoms with Crippen LogP contribution in [0.4, 0.5) is 0 Å². The second-order valence-electron chi connectivity index (χ2n) is 4.56. The van der Waals surface area contributed by atoms with Gasteiger partial charge in [0.15, 0.2) is 5.76 Å². The number of carbonyl (C=O) groups excluding carboxylic acids is 1. The molecule has 0 N–H and O–H groups in total. The highest BCUT2D eigenvalue weighted by atomic mass is 79.9. The lowest BCUT2D eigenvalue weighted by Gasteiger charge is -2.03. The van der Waals surface area contributed by atoms with Crippen molar-refractivity contribution in [2.75, 3.05) is 5.75 Å². The second-order valence-corrected chi connectivity index (χ2v) is 7.48. The Labute approximate surface area is 150 Å². The summed E-state index contributed by atoms with van der Waals surface area (Å²) in [5, 5.41) is 5.88. The molecule has 0 saturated carbocycles. The van der Waals surface area contributed by atoms with Crippen molar-refractivity contribution in [2.24, 2.45) is 0 Å². The van der Waals surface area contributed by atoms with Crippen LogP contribution in [-0.4, -0.2) is 16.9 Å². The van der Waals surface area contributed by atoms with E-state index in [2.05, 4.69) is 21.1 Å². The molecule has 1 aromatic carbocycles. The predicted octanol–water partition coefficient (Wildman–Crippen LogP) is 5.00. The number of halogens is 1. The van der Waals surface area contributed by atoms with Crippen molar-refractivity contribution < 1.29 is 14.1 Å². The Morgan fingerprint density at radius 2 is 2.13 bits per heavy atom. The summed E-state index contributed by atoms with van der Waals surface area (Å²) in [5.74, 6) is 0.672. The molecule has 4 nitrogen and oxygen atoms in total. The van der Waals surface area contributed by atoms with E-state index < -0.39 is 0 Å². The number of ether oxygens (including phenoxy) is 1. The monoisotopic (exact) mass is 409 g/mol. The van der Waals surface area contributed by atoms with Crippen LogP contribution in [0, 0.1) is 0 Å². The van der Waals surface area contributed by atoms with Gasteiger partial charge in [0, 0.05) is 15.4 Å². The number of carbonyl (C=O) groups is 1. The first-order chi connectivity index (χ1) is 11.2. The van der Waals surface area contributed by atoms with Crippen LogP contribution in [0.3, 0.4) is 0 Å². The Hall–Kier alpha value is -1.57. The standard InChI is InChI=1S/C16H12BrNO3S2/c17-11-3-5-13(6-4-11)23-10-16(19)20-9-12-8-14(21-18-12)15-2-1-7-22-15/h1-8H,9-10H2. The number of thioether (sulfide) groups is 1. The number of nitrogens with zero attached hydrogens (tertiary/aromatic N) is 1. The van der Waals surface area contributed by atoms with E-state index in [0.29, 0.717) is 11.5 Å². The molecule has 0 unspecified atom stereocenters. The molecule has 0 radical (unpaired) electrons. The van der Waals surface area contributed by atoms with Gasteiger partial charge in [0.05, 0.1) is 10.6 Å². The van der Waals surface area contributed by atoms with E-state index in [1.54, 1.807) is 17.4 Å². The Bertz CT molecular complexity index is 769. The first-order valence-electron chi connectivity index (χ1n) is 6.74. The van der Waals surface area contributed by atoms with Crippen LogP contribution in [0.1, 0.15) is 5.69 Å². The lowest BCUT2D eigenvalue weighted by molar-refractivity contribution is -0.141. The van der Waals surface area contributed by atoms with Gasteiger partial charge in [-0.2, -0.15) is 0 Å². The fourth-order valence-electron chi connectivity index (χ4n) is 1.78. The lowest BCUT2D eigenvalue weighted by Crippen LogP contribution is -2.07. The third-order valence-corrected chi connectivity index (χ3v) is 5.27. The van der Waals surface area contributed by atoms with Gasteiger partial charge in [-0.1, -0.05) is 27.2 Å². The lowest BCUT2D eigenvalue weighted by atomic mass is 10.3. The summed E-state index contributed by atoms with van der Waals surface area (Å²) >= 11 is 6.39. The van der Waals surface area contributed by atoms with Gasteiger partial charge in [0.1, 0.15) is 12.3 Å². The highest BCUT2D eigenvalue weighted by Crippen LogP contribution is 2.25. The molecule has 7 heteroatoms. The summed E-state index contributed by atoms with van der Waals surface area (Å²) in [7, 11) is 0. The molecule has 0 spiro atoms. The Kier molecular flexibility index (Phi) is 5.53. The van der Waals surface area contributed by atoms with Crippen LogP contribution in [0.5, 0.6) is 0 Å². The fraction of sp³-hybridized carbons (Fsp3) is 0.125. The van der Waals surface area contributed by atoms with Gasteiger partial charge in [-0.15, -0.1) is 23.1 Å². The largest absolute Gasteiger partial charge is 0.458 e. The normalized spacial score (nSPS) is 10.7. The fourth-order valence-corrected chi connectivity index (χ4v) is 3.42. The molecule has 2 heterocycles. The third kappa shape index (κ3) is 4.70. The van der Waals surface area contributed by atoms with E-state index in [-0.39, 0.29) is 18.3 Å². The molecule has 23 heavy (non-hydrogen) atoms. The van der Waals surface area contributed by atoms with Crippen molar-refractivity contribution in [1.82, 2.24) is 5.16 Å². The van der Waals surface area contributed by atoms with Crippen molar-refractivity contribution in [3.05, 3.63) is 58.0 Å². The summed E-state index contributed by atoms with van der Waals surface area (Å²) in [6.45, 7) is 0.120. The van der Waals surface area contributed by atoms with E-state index in [4.69, 9.17) is 9.26 Å². The number of hydrogen-bond donors (Lipinski definition) is 0. The van der Waals surface area contributed by atoms with Gasteiger partial charge in [0.25, 0.3) is 0 Å². The topological polar surface area (TPSA) is 52.3 Å². The average molecular weight is 410 g/mol. The molecule has 0 aliphatic rings. The summed E-state index contributed by atoms with van der Waals surface area (Å²) in [6, 6.07) is 13.5. The molecule has 3 aromatic rings. The number of benzene rings is 1. The Morgan fingerprint density at radius 3 is 2.87 bits per heavy atom. The van der Waals surface area contributed by atoms with Crippen LogP contribution in [0.2, 0.25) is 0 Å². The van der Waals surface area contributed by atoms with E-state index in [9.17, 15) is 4.79 Å². The number of rotatable bonds is 6. The van der Waals surface area contributed by atoms with E-state index in [0.717, 1.165) is 14.2 Å². The maximum atomic E-state index is 11.8. The van der Waals surface area contributed by atoms with Crippen molar-refractivity contribution >= 4 is 45.0 Å². The predicted molar refractivity (Wildman–Crippen MR) is 94.5 cm³/mol. The first-order valence-corrected chi connectivity index (χ1v) is 9.40. The zero-order valence-electron chi connectivity index (χ0n) is 11.9. The summed E-state index contributed by atoms with van der Waals surface area (Å²) in [5.41, 5.74) is 0.607. The van der Waals surface area contributed by atoms with Crippen LogP contribution in [0.15, 0.2) is 61.7 Å². The van der Waals surface area contributed by atoms with E-state index in [1.165, 1.54) is 11.8 Å². The van der Waals surface area contributed by atoms with Crippen LogP contribution in [0.25, 0.3) is 10.6 Å². The minimum Gasteiger partial charge on any atom is -0.458 e. The van der Waals surface area contributed by atoms with Crippen molar-refractivity contribution in [3.63, 3.8) is 0 Å². The smallest absolute Gasteiger partial charge is 0.316 e. The zero-order chi connectivity index (χ0) is 16.1. The first kappa shape index (κ1) is 16.3. The minimum absolute atomic E-state index is 0.120. The molecule has 0 bridgehead atoms. The Balaban J connectivity index is 1.46. The van der Waals surface area contributed by atoms with E-state index in [1.807, 2.05) is 41.8 Å². The molecule has 0 aliphatic heterocycles. The molecule has 0 saturated heterocycles. The molecule has 0 fully saturated rings. The summed E-state index contributed by atoms with van der Waals surface area (Å²) in [4.78, 5) is 13.8. The van der Waals surface area contributed by atoms with E-state index >= 15 is 0 Å². The molecule has 0 atom stereocenters. The highest BCUT2D eigenvalue weighted by Gasteiger charge is 2.10. The second kappa shape index (κ2) is 7.81. The van der Waals surface area contributed by atoms with Crippen LogP contribution >= 0.6 is 39.0 Å². The quantitative estimate of drug-likeness (QED) is 0.423. The number of thiophene rings is 1. The van der Waals surface area contributed by atoms with Crippen molar-refractivity contribution in [2.45, 2.75) is 11.5 Å². The molecule has 0 aliphatic carbocycles. The van der Waals surface area contributed by atoms with Crippen molar-refractivity contribution in [3.8, 4) is 10.6 Å². The molecule has 2 aromatic heterocycles. The number of aromatic nitrogens is 1. The number of hydrogen-bond acceptors (Lipinski definition) is 6. The third-order valence-electron chi connectivity index (χ3n) is 2.87. The minimum atomic E-state index is -0.279. The molecule has 118 valence electrons. The maximum Gasteiger partial charge on any atom is 0.316 e. The molecular formula is C16H12BrNO3S2. The zero-order valence-corrected chi connectivity index (χ0v) is 15.1. The van der Waals surface area contributed by atoms with Gasteiger partial charge >= 0.3 is 5.97 Å². The van der Waals surface area contributed by atoms with Crippen LogP contribution in [-0.2, 0) is 16.1 Å². The Morgan fingerprint density at radius 1 is 1.30 bits per heavy atom. The molecule has 0 amide bonds. The maximum absolute atomic E-state index is 11.8. The number of esters is 1. The van der Waals surface area contributed by atoms with Gasteiger partial charge < -0.3 is 9.26 Å². The van der Waals surface area contributed by atoms with Crippen molar-refractivity contribution in [1.29, 1.82) is 0 Å².